The molecule has 10 nitrogen and oxygen atoms in total. The van der Waals surface area contributed by atoms with Gasteiger partial charge >= 0.3 is 6.18 Å². The van der Waals surface area contributed by atoms with Crippen molar-refractivity contribution in [2.24, 2.45) is 0 Å². The molecule has 43 heavy (non-hydrogen) atoms. The Balaban J connectivity index is 1.45. The maximum Gasteiger partial charge on any atom is 0.419 e. The average molecular weight is 602 g/mol. The number of ether oxygens (including phenoxy) is 1. The first-order chi connectivity index (χ1) is 20.6. The summed E-state index contributed by atoms with van der Waals surface area (Å²) in [4.78, 5) is 30.8. The van der Waals surface area contributed by atoms with Crippen LogP contribution in [0.15, 0.2) is 55.4 Å². The number of carbonyl (C=O) groups is 1. The number of methoxy groups -OCH3 is 1. The summed E-state index contributed by atoms with van der Waals surface area (Å²) in [5, 5.41) is 7.32. The lowest BCUT2D eigenvalue weighted by atomic mass is 10.0. The predicted molar refractivity (Wildman–Crippen MR) is 154 cm³/mol. The first-order valence-electron chi connectivity index (χ1n) is 13.5. The Hall–Kier alpha value is -4.43. The van der Waals surface area contributed by atoms with E-state index in [-0.39, 0.29) is 30.3 Å². The highest BCUT2D eigenvalue weighted by Crippen LogP contribution is 2.41. The smallest absolute Gasteiger partial charge is 0.419 e. The Morgan fingerprint density at radius 2 is 1.91 bits per heavy atom. The molecular weight excluding hydrogens is 570 g/mol. The first kappa shape index (κ1) is 30.0. The molecule has 5 rings (SSSR count). The third-order valence-electron chi connectivity index (χ3n) is 7.34. The summed E-state index contributed by atoms with van der Waals surface area (Å²) >= 11 is 0. The van der Waals surface area contributed by atoms with Gasteiger partial charge in [-0.25, -0.2) is 19.4 Å². The van der Waals surface area contributed by atoms with Gasteiger partial charge in [0.1, 0.15) is 23.7 Å². The van der Waals surface area contributed by atoms with E-state index in [1.807, 2.05) is 13.1 Å². The van der Waals surface area contributed by atoms with Crippen LogP contribution in [-0.4, -0.2) is 67.7 Å². The van der Waals surface area contributed by atoms with Crippen molar-refractivity contribution in [1.29, 1.82) is 0 Å². The number of alkyl halides is 3. The number of likely N-dealkylation sites (N-methyl/N-ethyl adjacent to an activating group) is 1. The van der Waals surface area contributed by atoms with Crippen molar-refractivity contribution in [2.75, 3.05) is 67.5 Å². The van der Waals surface area contributed by atoms with Gasteiger partial charge in [0.2, 0.25) is 5.91 Å². The van der Waals surface area contributed by atoms with E-state index in [0.717, 1.165) is 31.9 Å². The van der Waals surface area contributed by atoms with E-state index in [4.69, 9.17) is 9.57 Å². The lowest BCUT2D eigenvalue weighted by Gasteiger charge is -2.35. The molecule has 2 aromatic carbocycles. The second-order valence-electron chi connectivity index (χ2n) is 10.1. The van der Waals surface area contributed by atoms with Crippen LogP contribution >= 0.6 is 0 Å². The lowest BCUT2D eigenvalue weighted by molar-refractivity contribution is -0.140. The molecule has 2 aliphatic rings. The SMILES string of the molecule is C=CC(=O)Nc1cc(Nc2cc(N3OCC[C@@H]3c3cccc(C(F)(F)F)c3F)ncn2)c(OC)cc1N1CCN(C)CC1. The van der Waals surface area contributed by atoms with Crippen LogP contribution in [0.25, 0.3) is 0 Å². The largest absolute Gasteiger partial charge is 0.494 e. The molecule has 1 aromatic heterocycles. The molecule has 0 unspecified atom stereocenters. The maximum atomic E-state index is 15.0. The van der Waals surface area contributed by atoms with Crippen LogP contribution in [0.1, 0.15) is 23.6 Å². The van der Waals surface area contributed by atoms with Crippen molar-refractivity contribution in [3.05, 3.63) is 72.3 Å². The standard InChI is InChI=1S/C29H31F4N7O3/c1-4-27(41)37-20-14-21(24(42-3)15-23(20)39-11-9-38(2)10-12-39)36-25-16-26(35-17-34-25)40-22(8-13-43-40)18-6-5-7-19(28(18)30)29(31,32)33/h4-7,14-17,22H,1,8-13H2,2-3H3,(H,37,41)(H,34,35,36)/t22-/m1/s1. The second kappa shape index (κ2) is 12.4. The Bertz CT molecular complexity index is 1500. The number of carbonyl (C=O) groups excluding carboxylic acids is 1. The van der Waals surface area contributed by atoms with E-state index in [0.29, 0.717) is 29.0 Å². The molecule has 2 aliphatic heterocycles. The van der Waals surface area contributed by atoms with Gasteiger partial charge < -0.3 is 25.2 Å². The molecule has 1 amide bonds. The minimum atomic E-state index is -4.83. The van der Waals surface area contributed by atoms with Crippen LogP contribution in [0.5, 0.6) is 5.75 Å². The Morgan fingerprint density at radius 3 is 2.60 bits per heavy atom. The van der Waals surface area contributed by atoms with Crippen molar-refractivity contribution < 1.29 is 31.9 Å². The Kier molecular flexibility index (Phi) is 8.69. The number of benzene rings is 2. The molecule has 0 saturated carbocycles. The Morgan fingerprint density at radius 1 is 1.14 bits per heavy atom. The highest BCUT2D eigenvalue weighted by atomic mass is 19.4. The zero-order valence-corrected chi connectivity index (χ0v) is 23.6. The number of amides is 1. The van der Waals surface area contributed by atoms with Crippen LogP contribution in [-0.2, 0) is 15.8 Å². The molecule has 0 aliphatic carbocycles. The highest BCUT2D eigenvalue weighted by Gasteiger charge is 2.38. The van der Waals surface area contributed by atoms with Crippen LogP contribution in [0.2, 0.25) is 0 Å². The van der Waals surface area contributed by atoms with Crippen molar-refractivity contribution in [2.45, 2.75) is 18.6 Å². The molecule has 0 radical (unpaired) electrons. The fourth-order valence-corrected chi connectivity index (χ4v) is 5.11. The zero-order valence-electron chi connectivity index (χ0n) is 23.6. The van der Waals surface area contributed by atoms with Gasteiger partial charge in [0.25, 0.3) is 0 Å². The molecule has 2 saturated heterocycles. The van der Waals surface area contributed by atoms with Crippen LogP contribution < -0.4 is 25.3 Å². The number of anilines is 5. The second-order valence-corrected chi connectivity index (χ2v) is 10.1. The highest BCUT2D eigenvalue weighted by molar-refractivity contribution is 6.02. The normalized spacial score (nSPS) is 17.6. The predicted octanol–water partition coefficient (Wildman–Crippen LogP) is 5.15. The number of rotatable bonds is 8. The van der Waals surface area contributed by atoms with Gasteiger partial charge in [0.05, 0.1) is 42.4 Å². The molecule has 0 spiro atoms. The molecule has 0 bridgehead atoms. The van der Waals surface area contributed by atoms with Gasteiger partial charge in [-0.2, -0.15) is 13.2 Å². The molecule has 1 atom stereocenters. The minimum absolute atomic E-state index is 0.149. The fourth-order valence-electron chi connectivity index (χ4n) is 5.11. The van der Waals surface area contributed by atoms with Crippen LogP contribution in [0.3, 0.4) is 0 Å². The Labute approximate surface area is 245 Å². The molecule has 2 fully saturated rings. The van der Waals surface area contributed by atoms with E-state index >= 15 is 0 Å². The number of nitrogens with one attached hydrogen (secondary N) is 2. The van der Waals surface area contributed by atoms with Crippen molar-refractivity contribution in [3.63, 3.8) is 0 Å². The van der Waals surface area contributed by atoms with Crippen molar-refractivity contribution in [3.8, 4) is 5.75 Å². The number of hydrogen-bond donors (Lipinski definition) is 2. The van der Waals surface area contributed by atoms with Gasteiger partial charge in [0, 0.05) is 50.3 Å². The first-order valence-corrected chi connectivity index (χ1v) is 13.5. The molecular formula is C29H31F4N7O3. The molecule has 3 heterocycles. The van der Waals surface area contributed by atoms with Gasteiger partial charge in [0.15, 0.2) is 5.82 Å². The number of halogens is 4. The molecule has 3 aromatic rings. The average Bonchev–Trinajstić information content (AvgIpc) is 3.47. The maximum absolute atomic E-state index is 15.0. The summed E-state index contributed by atoms with van der Waals surface area (Å²) in [7, 11) is 3.57. The van der Waals surface area contributed by atoms with Crippen molar-refractivity contribution >= 4 is 34.6 Å². The summed E-state index contributed by atoms with van der Waals surface area (Å²) < 4.78 is 60.8. The zero-order chi connectivity index (χ0) is 30.7. The number of hydroxylamine groups is 1. The number of piperazine rings is 1. The van der Waals surface area contributed by atoms with E-state index in [1.165, 1.54) is 42.8 Å². The number of nitrogens with zero attached hydrogens (tertiary/aromatic N) is 5. The molecule has 2 N–H and O–H groups in total. The monoisotopic (exact) mass is 601 g/mol. The lowest BCUT2D eigenvalue weighted by Crippen LogP contribution is -2.44. The number of aromatic nitrogens is 2. The van der Waals surface area contributed by atoms with Gasteiger partial charge in [-0.05, 0) is 25.3 Å². The molecule has 14 heteroatoms. The summed E-state index contributed by atoms with van der Waals surface area (Å²) in [6.07, 6.45) is -2.15. The number of hydrogen-bond acceptors (Lipinski definition) is 9. The summed E-state index contributed by atoms with van der Waals surface area (Å²) in [6, 6.07) is 7.42. The van der Waals surface area contributed by atoms with E-state index in [2.05, 4.69) is 37.0 Å². The summed E-state index contributed by atoms with van der Waals surface area (Å²) in [6.45, 7) is 6.91. The van der Waals surface area contributed by atoms with E-state index in [1.54, 1.807) is 6.07 Å². The summed E-state index contributed by atoms with van der Waals surface area (Å²) in [5.74, 6) is -0.732. The quantitative estimate of drug-likeness (QED) is 0.269. The van der Waals surface area contributed by atoms with E-state index < -0.39 is 23.6 Å². The summed E-state index contributed by atoms with van der Waals surface area (Å²) in [5.41, 5.74) is 0.310. The third-order valence-corrected chi connectivity index (χ3v) is 7.34. The third kappa shape index (κ3) is 6.49. The van der Waals surface area contributed by atoms with Gasteiger partial charge in [-0.15, -0.1) is 0 Å². The van der Waals surface area contributed by atoms with Crippen LogP contribution in [0, 0.1) is 5.82 Å². The minimum Gasteiger partial charge on any atom is -0.494 e. The van der Waals surface area contributed by atoms with Gasteiger partial charge in [-0.1, -0.05) is 18.7 Å². The van der Waals surface area contributed by atoms with Gasteiger partial charge in [-0.3, -0.25) is 9.63 Å². The van der Waals surface area contributed by atoms with Crippen molar-refractivity contribution in [1.82, 2.24) is 14.9 Å². The van der Waals surface area contributed by atoms with E-state index in [9.17, 15) is 22.4 Å². The topological polar surface area (TPSA) is 95.1 Å². The molecule has 228 valence electrons. The fraction of sp³-hybridized carbons (Fsp3) is 0.345. The van der Waals surface area contributed by atoms with Crippen LogP contribution in [0.4, 0.5) is 46.3 Å².